The van der Waals surface area contributed by atoms with Crippen LogP contribution in [0.5, 0.6) is 0 Å². The Kier molecular flexibility index (Phi) is 4.48. The highest BCUT2D eigenvalue weighted by Crippen LogP contribution is 2.27. The summed E-state index contributed by atoms with van der Waals surface area (Å²) in [6.07, 6.45) is 0. The molecular formula is C12H17NO4S. The van der Waals surface area contributed by atoms with Crippen molar-refractivity contribution in [2.75, 3.05) is 11.9 Å². The molecule has 0 spiro atoms. The third kappa shape index (κ3) is 4.46. The lowest BCUT2D eigenvalue weighted by Gasteiger charge is -2.18. The van der Waals surface area contributed by atoms with Gasteiger partial charge in [0.1, 0.15) is 11.6 Å². The molecule has 1 aromatic rings. The van der Waals surface area contributed by atoms with Crippen LogP contribution in [0, 0.1) is 6.92 Å². The number of thiophene rings is 1. The number of carboxylic acids is 1. The Balaban J connectivity index is 2.67. The fourth-order valence-corrected chi connectivity index (χ4v) is 2.13. The zero-order valence-electron chi connectivity index (χ0n) is 10.9. The number of carbonyl (C=O) groups is 2. The third-order valence-corrected chi connectivity index (χ3v) is 2.94. The second-order valence-electron chi connectivity index (χ2n) is 4.85. The molecule has 100 valence electrons. The van der Waals surface area contributed by atoms with Crippen LogP contribution in [0.4, 0.5) is 5.00 Å². The average molecular weight is 271 g/mol. The number of rotatable bonds is 4. The first-order valence-corrected chi connectivity index (χ1v) is 6.28. The Labute approximate surface area is 110 Å². The van der Waals surface area contributed by atoms with Gasteiger partial charge in [0, 0.05) is 4.88 Å². The smallest absolute Gasteiger partial charge is 0.338 e. The highest BCUT2D eigenvalue weighted by molar-refractivity contribution is 7.16. The van der Waals surface area contributed by atoms with Crippen LogP contribution in [0.2, 0.25) is 0 Å². The van der Waals surface area contributed by atoms with E-state index in [0.29, 0.717) is 5.00 Å². The zero-order chi connectivity index (χ0) is 13.9. The molecule has 1 heterocycles. The molecule has 0 unspecified atom stereocenters. The van der Waals surface area contributed by atoms with E-state index in [0.717, 1.165) is 4.88 Å². The van der Waals surface area contributed by atoms with Crippen molar-refractivity contribution in [1.82, 2.24) is 0 Å². The number of hydrogen-bond acceptors (Lipinski definition) is 4. The first kappa shape index (κ1) is 14.7. The second-order valence-corrected chi connectivity index (χ2v) is 6.11. The summed E-state index contributed by atoms with van der Waals surface area (Å²) >= 11 is 1.24. The van der Waals surface area contributed by atoms with Crippen LogP contribution < -0.4 is 5.32 Å². The summed E-state index contributed by atoms with van der Waals surface area (Å²) in [5.41, 5.74) is -0.292. The molecule has 0 radical (unpaired) electrons. The van der Waals surface area contributed by atoms with E-state index in [1.54, 1.807) is 6.92 Å². The SMILES string of the molecule is Cc1cc(C(=O)O)c(NC(=O)COC(C)(C)C)s1. The van der Waals surface area contributed by atoms with Crippen LogP contribution in [0.25, 0.3) is 0 Å². The summed E-state index contributed by atoms with van der Waals surface area (Å²) in [6.45, 7) is 7.23. The van der Waals surface area contributed by atoms with Gasteiger partial charge in [0.05, 0.1) is 11.2 Å². The largest absolute Gasteiger partial charge is 0.478 e. The molecule has 18 heavy (non-hydrogen) atoms. The number of ether oxygens (including phenoxy) is 1. The van der Waals surface area contributed by atoms with Crippen molar-refractivity contribution in [1.29, 1.82) is 0 Å². The molecule has 0 aliphatic rings. The minimum Gasteiger partial charge on any atom is -0.478 e. The van der Waals surface area contributed by atoms with Crippen molar-refractivity contribution >= 4 is 28.2 Å². The zero-order valence-corrected chi connectivity index (χ0v) is 11.7. The van der Waals surface area contributed by atoms with Gasteiger partial charge in [-0.3, -0.25) is 4.79 Å². The highest BCUT2D eigenvalue weighted by atomic mass is 32.1. The summed E-state index contributed by atoms with van der Waals surface area (Å²) in [5.74, 6) is -1.40. The van der Waals surface area contributed by atoms with Crippen LogP contribution in [-0.2, 0) is 9.53 Å². The quantitative estimate of drug-likeness (QED) is 0.882. The summed E-state index contributed by atoms with van der Waals surface area (Å²) in [6, 6.07) is 1.53. The van der Waals surface area contributed by atoms with Gasteiger partial charge in [-0.25, -0.2) is 4.79 Å². The third-order valence-electron chi connectivity index (χ3n) is 1.97. The van der Waals surface area contributed by atoms with E-state index < -0.39 is 11.6 Å². The predicted octanol–water partition coefficient (Wildman–Crippen LogP) is 2.51. The fourth-order valence-electron chi connectivity index (χ4n) is 1.21. The van der Waals surface area contributed by atoms with Crippen LogP contribution in [0.3, 0.4) is 0 Å². The fraction of sp³-hybridized carbons (Fsp3) is 0.500. The average Bonchev–Trinajstić information content (AvgIpc) is 2.55. The number of anilines is 1. The lowest BCUT2D eigenvalue weighted by Crippen LogP contribution is -2.27. The summed E-state index contributed by atoms with van der Waals surface area (Å²) in [4.78, 5) is 23.4. The minimum absolute atomic E-state index is 0.0977. The van der Waals surface area contributed by atoms with Crippen LogP contribution in [0.15, 0.2) is 6.07 Å². The summed E-state index contributed by atoms with van der Waals surface area (Å²) in [7, 11) is 0. The standard InChI is InChI=1S/C12H17NO4S/c1-7-5-8(11(15)16)10(18-7)13-9(14)6-17-12(2,3)4/h5H,6H2,1-4H3,(H,13,14)(H,15,16). The molecule has 1 aromatic heterocycles. The van der Waals surface area contributed by atoms with Crippen molar-refractivity contribution in [3.63, 3.8) is 0 Å². The molecule has 0 aliphatic carbocycles. The lowest BCUT2D eigenvalue weighted by molar-refractivity contribution is -0.125. The molecule has 0 fully saturated rings. The Morgan fingerprint density at radius 1 is 1.44 bits per heavy atom. The van der Waals surface area contributed by atoms with Gasteiger partial charge in [0.25, 0.3) is 5.91 Å². The topological polar surface area (TPSA) is 75.6 Å². The number of amides is 1. The molecule has 5 nitrogen and oxygen atoms in total. The van der Waals surface area contributed by atoms with E-state index >= 15 is 0 Å². The molecule has 0 aliphatic heterocycles. The maximum absolute atomic E-state index is 11.6. The molecule has 1 rings (SSSR count). The van der Waals surface area contributed by atoms with Gasteiger partial charge in [0.15, 0.2) is 0 Å². The van der Waals surface area contributed by atoms with E-state index in [1.165, 1.54) is 17.4 Å². The number of nitrogens with one attached hydrogen (secondary N) is 1. The molecule has 6 heteroatoms. The van der Waals surface area contributed by atoms with Crippen LogP contribution in [-0.4, -0.2) is 29.2 Å². The van der Waals surface area contributed by atoms with Gasteiger partial charge in [-0.2, -0.15) is 0 Å². The Morgan fingerprint density at radius 3 is 2.56 bits per heavy atom. The lowest BCUT2D eigenvalue weighted by atomic mass is 10.2. The van der Waals surface area contributed by atoms with Crippen molar-refractivity contribution in [3.05, 3.63) is 16.5 Å². The van der Waals surface area contributed by atoms with E-state index in [-0.39, 0.29) is 18.1 Å². The molecule has 1 amide bonds. The van der Waals surface area contributed by atoms with Crippen molar-refractivity contribution in [2.24, 2.45) is 0 Å². The van der Waals surface area contributed by atoms with Gasteiger partial charge in [-0.15, -0.1) is 11.3 Å². The highest BCUT2D eigenvalue weighted by Gasteiger charge is 2.17. The normalized spacial score (nSPS) is 11.3. The number of aromatic carboxylic acids is 1. The molecule has 0 saturated carbocycles. The molecule has 0 bridgehead atoms. The Morgan fingerprint density at radius 2 is 2.06 bits per heavy atom. The second kappa shape index (κ2) is 5.49. The van der Waals surface area contributed by atoms with Crippen molar-refractivity contribution < 1.29 is 19.4 Å². The van der Waals surface area contributed by atoms with Gasteiger partial charge in [-0.05, 0) is 33.8 Å². The first-order chi connectivity index (χ1) is 8.19. The van der Waals surface area contributed by atoms with E-state index in [4.69, 9.17) is 9.84 Å². The Bertz CT molecular complexity index is 459. The summed E-state index contributed by atoms with van der Waals surface area (Å²) < 4.78 is 5.32. The van der Waals surface area contributed by atoms with Gasteiger partial charge >= 0.3 is 5.97 Å². The number of hydrogen-bond donors (Lipinski definition) is 2. The van der Waals surface area contributed by atoms with Gasteiger partial charge in [0.2, 0.25) is 0 Å². The van der Waals surface area contributed by atoms with E-state index in [1.807, 2.05) is 20.8 Å². The van der Waals surface area contributed by atoms with Crippen LogP contribution in [0.1, 0.15) is 36.0 Å². The summed E-state index contributed by atoms with van der Waals surface area (Å²) in [5, 5.41) is 11.9. The molecule has 0 saturated heterocycles. The number of carboxylic acid groups (broad SMARTS) is 1. The number of aryl methyl sites for hydroxylation is 1. The number of carbonyl (C=O) groups excluding carboxylic acids is 1. The Hall–Kier alpha value is -1.40. The minimum atomic E-state index is -1.05. The van der Waals surface area contributed by atoms with Gasteiger partial charge in [-0.1, -0.05) is 0 Å². The van der Waals surface area contributed by atoms with Crippen LogP contribution >= 0.6 is 11.3 Å². The molecule has 0 aromatic carbocycles. The van der Waals surface area contributed by atoms with Crippen molar-refractivity contribution in [3.8, 4) is 0 Å². The maximum Gasteiger partial charge on any atom is 0.338 e. The maximum atomic E-state index is 11.6. The monoisotopic (exact) mass is 271 g/mol. The first-order valence-electron chi connectivity index (χ1n) is 5.46. The van der Waals surface area contributed by atoms with Crippen molar-refractivity contribution in [2.45, 2.75) is 33.3 Å². The molecule has 2 N–H and O–H groups in total. The predicted molar refractivity (Wildman–Crippen MR) is 70.4 cm³/mol. The molecular weight excluding hydrogens is 254 g/mol. The van der Waals surface area contributed by atoms with E-state index in [9.17, 15) is 9.59 Å². The van der Waals surface area contributed by atoms with Gasteiger partial charge < -0.3 is 15.2 Å². The molecule has 0 atom stereocenters. The van der Waals surface area contributed by atoms with E-state index in [2.05, 4.69) is 5.32 Å².